The maximum absolute atomic E-state index is 12.3. The van der Waals surface area contributed by atoms with Crippen molar-refractivity contribution in [2.24, 2.45) is 0 Å². The first-order valence-corrected chi connectivity index (χ1v) is 9.19. The highest BCUT2D eigenvalue weighted by Gasteiger charge is 2.25. The Morgan fingerprint density at radius 3 is 2.78 bits per heavy atom. The molecule has 3 nitrogen and oxygen atoms in total. The van der Waals surface area contributed by atoms with Crippen LogP contribution in [0, 0.1) is 0 Å². The fourth-order valence-corrected chi connectivity index (χ4v) is 3.71. The molecule has 2 aromatic rings. The molecular weight excluding hydrogens is 304 g/mol. The molecule has 3 rings (SSSR count). The largest absolute Gasteiger partial charge is 0.368 e. The van der Waals surface area contributed by atoms with Crippen molar-refractivity contribution >= 4 is 29.0 Å². The number of fused-ring (bicyclic) bond motifs is 1. The zero-order valence-electron chi connectivity index (χ0n) is 13.6. The van der Waals surface area contributed by atoms with Gasteiger partial charge in [0.1, 0.15) is 0 Å². The molecule has 1 aliphatic rings. The Labute approximate surface area is 142 Å². The summed E-state index contributed by atoms with van der Waals surface area (Å²) >= 11 is 1.65. The highest BCUT2D eigenvalue weighted by Crippen LogP contribution is 2.31. The van der Waals surface area contributed by atoms with Gasteiger partial charge in [-0.15, -0.1) is 11.8 Å². The summed E-state index contributed by atoms with van der Waals surface area (Å²) in [4.78, 5) is 15.7. The molecule has 2 aromatic carbocycles. The quantitative estimate of drug-likeness (QED) is 0.836. The van der Waals surface area contributed by atoms with Crippen LogP contribution in [0.25, 0.3) is 0 Å². The smallest absolute Gasteiger partial charge is 0.226 e. The summed E-state index contributed by atoms with van der Waals surface area (Å²) in [6.07, 6.45) is 3.59. The molecule has 0 bridgehead atoms. The van der Waals surface area contributed by atoms with Crippen LogP contribution in [0.4, 0.5) is 11.4 Å². The van der Waals surface area contributed by atoms with Gasteiger partial charge in [-0.1, -0.05) is 30.3 Å². The number of amides is 1. The van der Waals surface area contributed by atoms with E-state index in [0.29, 0.717) is 12.5 Å². The summed E-state index contributed by atoms with van der Waals surface area (Å²) < 4.78 is 0. The fourth-order valence-electron chi connectivity index (χ4n) is 3.15. The molecule has 1 heterocycles. The van der Waals surface area contributed by atoms with Crippen LogP contribution in [-0.4, -0.2) is 24.7 Å². The number of benzene rings is 2. The molecule has 0 fully saturated rings. The second-order valence-corrected chi connectivity index (χ2v) is 6.72. The summed E-state index contributed by atoms with van der Waals surface area (Å²) in [5.74, 6) is 0.0723. The van der Waals surface area contributed by atoms with E-state index in [1.165, 1.54) is 11.3 Å². The first kappa shape index (κ1) is 15.9. The molecule has 0 aromatic heterocycles. The third kappa shape index (κ3) is 3.53. The lowest BCUT2D eigenvalue weighted by molar-refractivity contribution is -0.116. The third-order valence-electron chi connectivity index (χ3n) is 4.31. The van der Waals surface area contributed by atoms with Crippen LogP contribution in [0.5, 0.6) is 0 Å². The van der Waals surface area contributed by atoms with Crippen LogP contribution < -0.4 is 10.2 Å². The van der Waals surface area contributed by atoms with E-state index in [0.717, 1.165) is 23.5 Å². The van der Waals surface area contributed by atoms with Crippen LogP contribution in [0.15, 0.2) is 53.4 Å². The van der Waals surface area contributed by atoms with Gasteiger partial charge in [0.25, 0.3) is 0 Å². The summed E-state index contributed by atoms with van der Waals surface area (Å²) in [5, 5.41) is 3.04. The first-order valence-electron chi connectivity index (χ1n) is 7.96. The highest BCUT2D eigenvalue weighted by atomic mass is 32.2. The average molecular weight is 326 g/mol. The number of carbonyl (C=O) groups excluding carboxylic acids is 1. The van der Waals surface area contributed by atoms with E-state index >= 15 is 0 Å². The molecule has 0 spiro atoms. The van der Waals surface area contributed by atoms with E-state index in [1.54, 1.807) is 11.8 Å². The molecular formula is C19H22N2OS. The highest BCUT2D eigenvalue weighted by molar-refractivity contribution is 7.98. The molecule has 0 aliphatic carbocycles. The Hall–Kier alpha value is -1.94. The van der Waals surface area contributed by atoms with Crippen LogP contribution >= 0.6 is 11.8 Å². The summed E-state index contributed by atoms with van der Waals surface area (Å²) in [6.45, 7) is 2.98. The zero-order chi connectivity index (χ0) is 16.2. The molecule has 4 heteroatoms. The maximum atomic E-state index is 12.3. The van der Waals surface area contributed by atoms with Crippen LogP contribution in [-0.2, 0) is 11.2 Å². The van der Waals surface area contributed by atoms with Crippen molar-refractivity contribution in [3.63, 3.8) is 0 Å². The van der Waals surface area contributed by atoms with E-state index in [9.17, 15) is 4.79 Å². The van der Waals surface area contributed by atoms with E-state index in [1.807, 2.05) is 30.5 Å². The maximum Gasteiger partial charge on any atom is 0.226 e. The number of rotatable bonds is 5. The van der Waals surface area contributed by atoms with Gasteiger partial charge < -0.3 is 10.2 Å². The van der Waals surface area contributed by atoms with Crippen molar-refractivity contribution in [1.29, 1.82) is 0 Å². The van der Waals surface area contributed by atoms with Gasteiger partial charge in [-0.05, 0) is 43.4 Å². The Bertz CT molecular complexity index is 701. The molecule has 1 amide bonds. The minimum Gasteiger partial charge on any atom is -0.368 e. The van der Waals surface area contributed by atoms with E-state index in [2.05, 4.69) is 41.4 Å². The van der Waals surface area contributed by atoms with Gasteiger partial charge in [0.05, 0.1) is 5.69 Å². The standard InChI is InChI=1S/C19H22N2OS/c1-14-13-15-7-3-5-9-17(15)21(14)12-11-19(22)20-16-8-4-6-10-18(16)23-2/h3-10,14H,11-13H2,1-2H3,(H,20,22). The van der Waals surface area contributed by atoms with Gasteiger partial charge in [-0.25, -0.2) is 0 Å². The Morgan fingerprint density at radius 1 is 1.22 bits per heavy atom. The average Bonchev–Trinajstić information content (AvgIpc) is 2.88. The normalized spacial score (nSPS) is 16.3. The van der Waals surface area contributed by atoms with Crippen LogP contribution in [0.3, 0.4) is 0 Å². The first-order chi connectivity index (χ1) is 11.2. The zero-order valence-corrected chi connectivity index (χ0v) is 14.4. The lowest BCUT2D eigenvalue weighted by atomic mass is 10.1. The molecule has 0 saturated carbocycles. The summed E-state index contributed by atoms with van der Waals surface area (Å²) in [6, 6.07) is 16.9. The van der Waals surface area contributed by atoms with E-state index < -0.39 is 0 Å². The van der Waals surface area contributed by atoms with E-state index in [-0.39, 0.29) is 5.91 Å². The number of carbonyl (C=O) groups is 1. The Morgan fingerprint density at radius 2 is 1.96 bits per heavy atom. The Balaban J connectivity index is 1.61. The Kier molecular flexibility index (Phi) is 4.91. The molecule has 23 heavy (non-hydrogen) atoms. The molecule has 1 N–H and O–H groups in total. The summed E-state index contributed by atoms with van der Waals surface area (Å²) in [5.41, 5.74) is 3.56. The minimum atomic E-state index is 0.0723. The van der Waals surface area contributed by atoms with Gasteiger partial charge >= 0.3 is 0 Å². The molecule has 0 saturated heterocycles. The van der Waals surface area contributed by atoms with Crippen molar-refractivity contribution in [1.82, 2.24) is 0 Å². The second-order valence-electron chi connectivity index (χ2n) is 5.87. The van der Waals surface area contributed by atoms with Crippen LogP contribution in [0.1, 0.15) is 18.9 Å². The SMILES string of the molecule is CSc1ccccc1NC(=O)CCN1c2ccccc2CC1C. The topological polar surface area (TPSA) is 32.3 Å². The minimum absolute atomic E-state index is 0.0723. The van der Waals surface area contributed by atoms with Crippen molar-refractivity contribution in [3.8, 4) is 0 Å². The fraction of sp³-hybridized carbons (Fsp3) is 0.316. The van der Waals surface area contributed by atoms with Crippen molar-refractivity contribution < 1.29 is 4.79 Å². The number of nitrogens with one attached hydrogen (secondary N) is 1. The lowest BCUT2D eigenvalue weighted by Gasteiger charge is -2.24. The molecule has 0 radical (unpaired) electrons. The lowest BCUT2D eigenvalue weighted by Crippen LogP contribution is -2.32. The van der Waals surface area contributed by atoms with Crippen LogP contribution in [0.2, 0.25) is 0 Å². The van der Waals surface area contributed by atoms with Crippen molar-refractivity contribution in [3.05, 3.63) is 54.1 Å². The number of para-hydroxylation sites is 2. The summed E-state index contributed by atoms with van der Waals surface area (Å²) in [7, 11) is 0. The number of hydrogen-bond acceptors (Lipinski definition) is 3. The van der Waals surface area contributed by atoms with Gasteiger partial charge in [-0.3, -0.25) is 4.79 Å². The number of thioether (sulfide) groups is 1. The number of anilines is 2. The third-order valence-corrected chi connectivity index (χ3v) is 5.11. The predicted octanol–water partition coefficient (Wildman–Crippen LogP) is 4.19. The second kappa shape index (κ2) is 7.09. The monoisotopic (exact) mass is 326 g/mol. The van der Waals surface area contributed by atoms with Gasteiger partial charge in [0, 0.05) is 29.6 Å². The number of nitrogens with zero attached hydrogens (tertiary/aromatic N) is 1. The van der Waals surface area contributed by atoms with Gasteiger partial charge in [0.2, 0.25) is 5.91 Å². The molecule has 120 valence electrons. The van der Waals surface area contributed by atoms with Crippen molar-refractivity contribution in [2.75, 3.05) is 23.0 Å². The predicted molar refractivity (Wildman–Crippen MR) is 98.4 cm³/mol. The number of hydrogen-bond donors (Lipinski definition) is 1. The van der Waals surface area contributed by atoms with Gasteiger partial charge in [-0.2, -0.15) is 0 Å². The molecule has 1 atom stereocenters. The van der Waals surface area contributed by atoms with E-state index in [4.69, 9.17) is 0 Å². The van der Waals surface area contributed by atoms with Gasteiger partial charge in [0.15, 0.2) is 0 Å². The molecule has 1 unspecified atom stereocenters. The molecule has 1 aliphatic heterocycles. The van der Waals surface area contributed by atoms with Crippen molar-refractivity contribution in [2.45, 2.75) is 30.7 Å².